The van der Waals surface area contributed by atoms with Crippen molar-refractivity contribution in [2.24, 2.45) is 0 Å². The van der Waals surface area contributed by atoms with Gasteiger partial charge >= 0.3 is 5.97 Å². The predicted molar refractivity (Wildman–Crippen MR) is 62.0 cm³/mol. The number of aliphatic carboxylic acids is 1. The number of hydrogen-bond acceptors (Lipinski definition) is 1. The molecule has 1 rings (SSSR count). The number of carboxylic acids is 1. The first kappa shape index (κ1) is 11.8. The predicted octanol–water partition coefficient (Wildman–Crippen LogP) is 3.17. The van der Waals surface area contributed by atoms with Crippen LogP contribution in [0.4, 0.5) is 0 Å². The molecule has 0 aliphatic rings. The maximum Gasteiger partial charge on any atom is 0.331 e. The zero-order valence-corrected chi connectivity index (χ0v) is 9.07. The molecule has 0 aliphatic heterocycles. The summed E-state index contributed by atoms with van der Waals surface area (Å²) in [7, 11) is 0. The summed E-state index contributed by atoms with van der Waals surface area (Å²) in [5.41, 5.74) is 1.31. The summed E-state index contributed by atoms with van der Waals surface area (Å²) >= 11 is 5.53. The Morgan fingerprint density at radius 2 is 2.00 bits per heavy atom. The lowest BCUT2D eigenvalue weighted by atomic mass is 10.1. The van der Waals surface area contributed by atoms with Crippen molar-refractivity contribution in [3.63, 3.8) is 0 Å². The maximum absolute atomic E-state index is 10.9. The highest BCUT2D eigenvalue weighted by molar-refractivity contribution is 6.17. The fraction of sp³-hybridized carbons (Fsp3) is 0.250. The summed E-state index contributed by atoms with van der Waals surface area (Å²) in [5.74, 6) is -0.386. The van der Waals surface area contributed by atoms with Gasteiger partial charge in [0, 0.05) is 11.5 Å². The van der Waals surface area contributed by atoms with Crippen LogP contribution >= 0.6 is 11.6 Å². The molecular formula is C12H13ClO2. The molecule has 1 aromatic rings. The summed E-state index contributed by atoms with van der Waals surface area (Å²) in [5, 5.41) is 8.95. The molecule has 0 saturated carbocycles. The van der Waals surface area contributed by atoms with E-state index >= 15 is 0 Å². The second-order valence-corrected chi connectivity index (χ2v) is 3.56. The van der Waals surface area contributed by atoms with E-state index in [1.54, 1.807) is 6.08 Å². The second-order valence-electron chi connectivity index (χ2n) is 3.18. The third-order valence-corrected chi connectivity index (χ3v) is 2.26. The van der Waals surface area contributed by atoms with Gasteiger partial charge in [0.15, 0.2) is 0 Å². The Balaban J connectivity index is 2.79. The minimum atomic E-state index is -0.871. The highest BCUT2D eigenvalue weighted by atomic mass is 35.5. The van der Waals surface area contributed by atoms with Crippen LogP contribution in [0.5, 0.6) is 0 Å². The molecule has 0 fully saturated rings. The standard InChI is InChI=1S/C12H13ClO2/c13-8-4-7-11(12(14)15)9-10-5-2-1-3-6-10/h1-3,5-6,9H,4,7-8H2,(H,14,15). The van der Waals surface area contributed by atoms with Crippen molar-refractivity contribution < 1.29 is 9.90 Å². The van der Waals surface area contributed by atoms with Gasteiger partial charge in [0.1, 0.15) is 0 Å². The topological polar surface area (TPSA) is 37.3 Å². The Morgan fingerprint density at radius 1 is 1.33 bits per heavy atom. The van der Waals surface area contributed by atoms with Crippen LogP contribution in [-0.4, -0.2) is 17.0 Å². The zero-order valence-electron chi connectivity index (χ0n) is 8.32. The van der Waals surface area contributed by atoms with Crippen LogP contribution < -0.4 is 0 Å². The highest BCUT2D eigenvalue weighted by Gasteiger charge is 2.06. The Kier molecular flexibility index (Phi) is 4.91. The molecule has 3 heteroatoms. The van der Waals surface area contributed by atoms with Crippen molar-refractivity contribution in [2.45, 2.75) is 12.8 Å². The van der Waals surface area contributed by atoms with Gasteiger partial charge < -0.3 is 5.11 Å². The summed E-state index contributed by atoms with van der Waals surface area (Å²) in [6.07, 6.45) is 2.88. The van der Waals surface area contributed by atoms with Gasteiger partial charge in [0.2, 0.25) is 0 Å². The van der Waals surface area contributed by atoms with E-state index in [1.807, 2.05) is 30.3 Å². The van der Waals surface area contributed by atoms with Crippen LogP contribution in [0.1, 0.15) is 18.4 Å². The van der Waals surface area contributed by atoms with Crippen molar-refractivity contribution in [1.29, 1.82) is 0 Å². The molecule has 0 atom stereocenters. The fourth-order valence-electron chi connectivity index (χ4n) is 1.25. The Hall–Kier alpha value is -1.28. The monoisotopic (exact) mass is 224 g/mol. The van der Waals surface area contributed by atoms with E-state index in [1.165, 1.54) is 0 Å². The van der Waals surface area contributed by atoms with Gasteiger partial charge in [-0.1, -0.05) is 30.3 Å². The largest absolute Gasteiger partial charge is 0.478 e. The smallest absolute Gasteiger partial charge is 0.331 e. The second kappa shape index (κ2) is 6.25. The summed E-state index contributed by atoms with van der Waals surface area (Å²) in [6.45, 7) is 0. The number of alkyl halides is 1. The highest BCUT2D eigenvalue weighted by Crippen LogP contribution is 2.12. The summed E-state index contributed by atoms with van der Waals surface area (Å²) in [6, 6.07) is 9.42. The normalized spacial score (nSPS) is 11.4. The molecule has 1 aromatic carbocycles. The van der Waals surface area contributed by atoms with Crippen LogP contribution in [-0.2, 0) is 4.79 Å². The lowest BCUT2D eigenvalue weighted by Crippen LogP contribution is -2.00. The number of halogens is 1. The number of hydrogen-bond donors (Lipinski definition) is 1. The fourth-order valence-corrected chi connectivity index (χ4v) is 1.38. The lowest BCUT2D eigenvalue weighted by molar-refractivity contribution is -0.132. The zero-order chi connectivity index (χ0) is 11.1. The van der Waals surface area contributed by atoms with Gasteiger partial charge in [-0.15, -0.1) is 11.6 Å². The van der Waals surface area contributed by atoms with Crippen molar-refractivity contribution in [3.8, 4) is 0 Å². The van der Waals surface area contributed by atoms with Crippen LogP contribution in [0.15, 0.2) is 35.9 Å². The molecule has 0 bridgehead atoms. The third kappa shape index (κ3) is 4.17. The molecule has 0 heterocycles. The number of rotatable bonds is 5. The average Bonchev–Trinajstić information content (AvgIpc) is 2.25. The van der Waals surface area contributed by atoms with E-state index in [0.717, 1.165) is 5.56 Å². The molecule has 0 unspecified atom stereocenters. The summed E-state index contributed by atoms with van der Waals surface area (Å²) < 4.78 is 0. The van der Waals surface area contributed by atoms with E-state index in [-0.39, 0.29) is 0 Å². The Labute approximate surface area is 94.2 Å². The molecule has 0 spiro atoms. The van der Waals surface area contributed by atoms with Crippen LogP contribution in [0.25, 0.3) is 6.08 Å². The van der Waals surface area contributed by atoms with E-state index < -0.39 is 5.97 Å². The minimum Gasteiger partial charge on any atom is -0.478 e. The quantitative estimate of drug-likeness (QED) is 0.616. The molecule has 0 aliphatic carbocycles. The third-order valence-electron chi connectivity index (χ3n) is 1.99. The molecule has 1 N–H and O–H groups in total. The van der Waals surface area contributed by atoms with Gasteiger partial charge in [0.05, 0.1) is 0 Å². The first-order chi connectivity index (χ1) is 7.24. The van der Waals surface area contributed by atoms with Gasteiger partial charge in [-0.05, 0) is 24.5 Å². The molecule has 0 amide bonds. The lowest BCUT2D eigenvalue weighted by Gasteiger charge is -2.00. The molecule has 0 radical (unpaired) electrons. The number of carbonyl (C=O) groups is 1. The van der Waals surface area contributed by atoms with E-state index in [9.17, 15) is 4.79 Å². The maximum atomic E-state index is 10.9. The number of carboxylic acid groups (broad SMARTS) is 1. The van der Waals surface area contributed by atoms with Crippen LogP contribution in [0, 0.1) is 0 Å². The number of benzene rings is 1. The van der Waals surface area contributed by atoms with Crippen LogP contribution in [0.2, 0.25) is 0 Å². The summed E-state index contributed by atoms with van der Waals surface area (Å²) in [4.78, 5) is 10.9. The molecule has 0 aromatic heterocycles. The van der Waals surface area contributed by atoms with Gasteiger partial charge in [-0.3, -0.25) is 0 Å². The van der Waals surface area contributed by atoms with Crippen molar-refractivity contribution in [2.75, 3.05) is 5.88 Å². The van der Waals surface area contributed by atoms with Gasteiger partial charge in [0.25, 0.3) is 0 Å². The van der Waals surface area contributed by atoms with E-state index in [4.69, 9.17) is 16.7 Å². The molecule has 15 heavy (non-hydrogen) atoms. The molecular weight excluding hydrogens is 212 g/mol. The Bertz CT molecular complexity index is 344. The SMILES string of the molecule is O=C(O)C(=Cc1ccccc1)CCCCl. The first-order valence-corrected chi connectivity index (χ1v) is 5.32. The Morgan fingerprint density at radius 3 is 2.53 bits per heavy atom. The first-order valence-electron chi connectivity index (χ1n) is 4.79. The molecule has 80 valence electrons. The van der Waals surface area contributed by atoms with Gasteiger partial charge in [-0.2, -0.15) is 0 Å². The molecule has 2 nitrogen and oxygen atoms in total. The van der Waals surface area contributed by atoms with Crippen molar-refractivity contribution in [1.82, 2.24) is 0 Å². The van der Waals surface area contributed by atoms with E-state index in [0.29, 0.717) is 24.3 Å². The van der Waals surface area contributed by atoms with Crippen molar-refractivity contribution >= 4 is 23.6 Å². The van der Waals surface area contributed by atoms with Crippen molar-refractivity contribution in [3.05, 3.63) is 41.5 Å². The van der Waals surface area contributed by atoms with Crippen LogP contribution in [0.3, 0.4) is 0 Å². The van der Waals surface area contributed by atoms with E-state index in [2.05, 4.69) is 0 Å². The minimum absolute atomic E-state index is 0.404. The average molecular weight is 225 g/mol. The molecule has 0 saturated heterocycles. The van der Waals surface area contributed by atoms with Gasteiger partial charge in [-0.25, -0.2) is 4.79 Å².